The Hall–Kier alpha value is -1.12. The third-order valence-corrected chi connectivity index (χ3v) is 2.23. The van der Waals surface area contributed by atoms with Gasteiger partial charge in [0.1, 0.15) is 12.2 Å². The molecule has 2 atom stereocenters. The molecule has 2 nitrogen and oxygen atoms in total. The molecule has 1 fully saturated rings. The summed E-state index contributed by atoms with van der Waals surface area (Å²) in [5.74, 6) is 0. The summed E-state index contributed by atoms with van der Waals surface area (Å²) in [6, 6.07) is 10.2. The van der Waals surface area contributed by atoms with E-state index < -0.39 is 0 Å². The van der Waals surface area contributed by atoms with Gasteiger partial charge in [-0.1, -0.05) is 36.4 Å². The van der Waals surface area contributed by atoms with Crippen LogP contribution in [0, 0.1) is 0 Å². The lowest BCUT2D eigenvalue weighted by molar-refractivity contribution is 0.141. The van der Waals surface area contributed by atoms with Crippen molar-refractivity contribution in [1.82, 2.24) is 0 Å². The Morgan fingerprint density at radius 3 is 2.86 bits per heavy atom. The fraction of sp³-hybridized carbons (Fsp3) is 0.333. The summed E-state index contributed by atoms with van der Waals surface area (Å²) in [6.45, 7) is 4.85. The Morgan fingerprint density at radius 1 is 1.36 bits per heavy atom. The summed E-state index contributed by atoms with van der Waals surface area (Å²) in [6.07, 6.45) is 2.22. The minimum Gasteiger partial charge on any atom is -0.375 e. The largest absolute Gasteiger partial charge is 0.375 e. The van der Waals surface area contributed by atoms with E-state index in [9.17, 15) is 0 Å². The maximum atomic E-state index is 5.49. The highest BCUT2D eigenvalue weighted by Crippen LogP contribution is 2.38. The van der Waals surface area contributed by atoms with Gasteiger partial charge in [0.05, 0.1) is 13.2 Å². The third-order valence-electron chi connectivity index (χ3n) is 2.23. The van der Waals surface area contributed by atoms with Crippen molar-refractivity contribution >= 4 is 0 Å². The summed E-state index contributed by atoms with van der Waals surface area (Å²) < 4.78 is 10.8. The molecule has 0 spiro atoms. The number of epoxide rings is 1. The molecule has 1 aliphatic heterocycles. The maximum Gasteiger partial charge on any atom is 0.112 e. The van der Waals surface area contributed by atoms with E-state index in [0.717, 1.165) is 0 Å². The molecule has 0 bridgehead atoms. The standard InChI is InChI=1S/C12H14O2/c1-2-8-13-9-11-12(14-11)10-6-4-3-5-7-10/h2-7,11-12H,1,8-9H2/t11-,12+/m1/s1. The molecule has 2 rings (SSSR count). The molecule has 1 saturated heterocycles. The molecule has 0 saturated carbocycles. The molecule has 1 aliphatic rings. The van der Waals surface area contributed by atoms with Crippen molar-refractivity contribution in [1.29, 1.82) is 0 Å². The first-order valence-corrected chi connectivity index (χ1v) is 4.81. The van der Waals surface area contributed by atoms with Crippen LogP contribution in [-0.4, -0.2) is 19.3 Å². The van der Waals surface area contributed by atoms with Crippen molar-refractivity contribution < 1.29 is 9.47 Å². The molecule has 1 aromatic rings. The predicted octanol–water partition coefficient (Wildman–Crippen LogP) is 2.33. The van der Waals surface area contributed by atoms with Gasteiger partial charge in [0, 0.05) is 0 Å². The fourth-order valence-corrected chi connectivity index (χ4v) is 1.47. The van der Waals surface area contributed by atoms with Crippen molar-refractivity contribution in [3.8, 4) is 0 Å². The second kappa shape index (κ2) is 4.40. The molecule has 0 radical (unpaired) electrons. The normalized spacial score (nSPS) is 24.6. The molecule has 14 heavy (non-hydrogen) atoms. The molecule has 0 amide bonds. The van der Waals surface area contributed by atoms with Crippen LogP contribution >= 0.6 is 0 Å². The summed E-state index contributed by atoms with van der Waals surface area (Å²) in [5.41, 5.74) is 1.24. The van der Waals surface area contributed by atoms with Crippen LogP contribution in [0.5, 0.6) is 0 Å². The molecular formula is C12H14O2. The summed E-state index contributed by atoms with van der Waals surface area (Å²) in [5, 5.41) is 0. The van der Waals surface area contributed by atoms with Crippen LogP contribution < -0.4 is 0 Å². The van der Waals surface area contributed by atoms with E-state index in [-0.39, 0.29) is 12.2 Å². The second-order valence-corrected chi connectivity index (χ2v) is 3.33. The van der Waals surface area contributed by atoms with E-state index >= 15 is 0 Å². The Labute approximate surface area is 84.2 Å². The zero-order chi connectivity index (χ0) is 9.80. The molecule has 74 valence electrons. The zero-order valence-corrected chi connectivity index (χ0v) is 8.06. The monoisotopic (exact) mass is 190 g/mol. The fourth-order valence-electron chi connectivity index (χ4n) is 1.47. The SMILES string of the molecule is C=CCOC[C@H]1O[C@H]1c1ccccc1. The predicted molar refractivity (Wildman–Crippen MR) is 55.1 cm³/mol. The third kappa shape index (κ3) is 2.22. The molecular weight excluding hydrogens is 176 g/mol. The first-order valence-electron chi connectivity index (χ1n) is 4.81. The smallest absolute Gasteiger partial charge is 0.112 e. The van der Waals surface area contributed by atoms with Crippen molar-refractivity contribution in [3.05, 3.63) is 48.6 Å². The molecule has 0 unspecified atom stereocenters. The van der Waals surface area contributed by atoms with E-state index in [0.29, 0.717) is 13.2 Å². The topological polar surface area (TPSA) is 21.8 Å². The van der Waals surface area contributed by atoms with Gasteiger partial charge in [0.2, 0.25) is 0 Å². The molecule has 2 heteroatoms. The van der Waals surface area contributed by atoms with Crippen molar-refractivity contribution in [2.45, 2.75) is 12.2 Å². The quantitative estimate of drug-likeness (QED) is 0.404. The molecule has 1 aromatic carbocycles. The van der Waals surface area contributed by atoms with Gasteiger partial charge in [-0.15, -0.1) is 6.58 Å². The summed E-state index contributed by atoms with van der Waals surface area (Å²) >= 11 is 0. The molecule has 1 heterocycles. The van der Waals surface area contributed by atoms with Gasteiger partial charge in [-0.05, 0) is 5.56 Å². The van der Waals surface area contributed by atoms with Gasteiger partial charge in [-0.2, -0.15) is 0 Å². The van der Waals surface area contributed by atoms with E-state index in [1.54, 1.807) is 6.08 Å². The Balaban J connectivity index is 1.79. The van der Waals surface area contributed by atoms with Crippen molar-refractivity contribution in [2.75, 3.05) is 13.2 Å². The van der Waals surface area contributed by atoms with Gasteiger partial charge in [-0.25, -0.2) is 0 Å². The van der Waals surface area contributed by atoms with Crippen LogP contribution in [0.15, 0.2) is 43.0 Å². The highest BCUT2D eigenvalue weighted by molar-refractivity contribution is 5.22. The van der Waals surface area contributed by atoms with Crippen LogP contribution in [0.2, 0.25) is 0 Å². The first-order chi connectivity index (χ1) is 6.92. The Bertz CT molecular complexity index is 294. The second-order valence-electron chi connectivity index (χ2n) is 3.33. The van der Waals surface area contributed by atoms with Gasteiger partial charge in [0.15, 0.2) is 0 Å². The van der Waals surface area contributed by atoms with Crippen LogP contribution in [0.1, 0.15) is 11.7 Å². The van der Waals surface area contributed by atoms with Gasteiger partial charge in [0.25, 0.3) is 0 Å². The van der Waals surface area contributed by atoms with E-state index in [2.05, 4.69) is 18.7 Å². The zero-order valence-electron chi connectivity index (χ0n) is 8.06. The van der Waals surface area contributed by atoms with Crippen molar-refractivity contribution in [3.63, 3.8) is 0 Å². The van der Waals surface area contributed by atoms with Gasteiger partial charge >= 0.3 is 0 Å². The van der Waals surface area contributed by atoms with Crippen molar-refractivity contribution in [2.24, 2.45) is 0 Å². The van der Waals surface area contributed by atoms with Crippen LogP contribution in [-0.2, 0) is 9.47 Å². The minimum absolute atomic E-state index is 0.234. The molecule has 0 N–H and O–H groups in total. The first kappa shape index (κ1) is 9.44. The minimum atomic E-state index is 0.234. The molecule has 0 aromatic heterocycles. The maximum absolute atomic E-state index is 5.49. The Morgan fingerprint density at radius 2 is 2.14 bits per heavy atom. The van der Waals surface area contributed by atoms with Gasteiger partial charge < -0.3 is 9.47 Å². The summed E-state index contributed by atoms with van der Waals surface area (Å²) in [4.78, 5) is 0. The number of rotatable bonds is 5. The average molecular weight is 190 g/mol. The van der Waals surface area contributed by atoms with Crippen LogP contribution in [0.25, 0.3) is 0 Å². The van der Waals surface area contributed by atoms with E-state index in [1.807, 2.05) is 18.2 Å². The number of ether oxygens (including phenoxy) is 2. The summed E-state index contributed by atoms with van der Waals surface area (Å²) in [7, 11) is 0. The highest BCUT2D eigenvalue weighted by atomic mass is 16.6. The van der Waals surface area contributed by atoms with Gasteiger partial charge in [-0.3, -0.25) is 0 Å². The number of benzene rings is 1. The number of hydrogen-bond acceptors (Lipinski definition) is 2. The lowest BCUT2D eigenvalue weighted by Gasteiger charge is -1.96. The van der Waals surface area contributed by atoms with Crippen LogP contribution in [0.3, 0.4) is 0 Å². The van der Waals surface area contributed by atoms with E-state index in [1.165, 1.54) is 5.56 Å². The lowest BCUT2D eigenvalue weighted by Crippen LogP contribution is -2.02. The lowest BCUT2D eigenvalue weighted by atomic mass is 10.1. The average Bonchev–Trinajstić information content (AvgIpc) is 2.99. The van der Waals surface area contributed by atoms with E-state index in [4.69, 9.17) is 9.47 Å². The number of hydrogen-bond donors (Lipinski definition) is 0. The highest BCUT2D eigenvalue weighted by Gasteiger charge is 2.39. The van der Waals surface area contributed by atoms with Crippen LogP contribution in [0.4, 0.5) is 0 Å². The Kier molecular flexibility index (Phi) is 2.96. The molecule has 0 aliphatic carbocycles.